The molecule has 1 fully saturated rings. The molecule has 0 amide bonds. The summed E-state index contributed by atoms with van der Waals surface area (Å²) >= 11 is 0. The second-order valence-corrected chi connectivity index (χ2v) is 2.42. The molecule has 1 N–H and O–H groups in total. The molecular formula is C7H15NO. The van der Waals surface area contributed by atoms with Crippen molar-refractivity contribution >= 4 is 0 Å². The molecule has 1 unspecified atom stereocenters. The van der Waals surface area contributed by atoms with Crippen LogP contribution in [-0.4, -0.2) is 25.8 Å². The Hall–Kier alpha value is -0.0800. The smallest absolute Gasteiger partial charge is 0.0699 e. The van der Waals surface area contributed by atoms with Crippen LogP contribution in [0.25, 0.3) is 0 Å². The second kappa shape index (κ2) is 3.85. The van der Waals surface area contributed by atoms with Gasteiger partial charge in [-0.3, -0.25) is 0 Å². The minimum absolute atomic E-state index is 0.490. The summed E-state index contributed by atoms with van der Waals surface area (Å²) in [6.45, 7) is 5.12. The molecule has 0 aliphatic carbocycles. The van der Waals surface area contributed by atoms with Crippen molar-refractivity contribution in [2.45, 2.75) is 25.9 Å². The molecule has 0 spiro atoms. The van der Waals surface area contributed by atoms with E-state index in [9.17, 15) is 0 Å². The largest absolute Gasteiger partial charge is 0.377 e. The molecule has 1 saturated heterocycles. The van der Waals surface area contributed by atoms with Gasteiger partial charge in [-0.1, -0.05) is 0 Å². The molecule has 1 atom stereocenters. The first-order valence-corrected chi connectivity index (χ1v) is 3.76. The number of piperidine rings is 1. The number of nitrogens with one attached hydrogen (secondary N) is 1. The number of ether oxygens (including phenoxy) is 1. The van der Waals surface area contributed by atoms with Crippen LogP contribution in [0.5, 0.6) is 0 Å². The van der Waals surface area contributed by atoms with Crippen LogP contribution in [0.15, 0.2) is 0 Å². The standard InChI is InChI=1S/C7H15NO/c1-2-9-7-4-3-5-8-6-7/h7-8H,2-6H2,1H3. The maximum atomic E-state index is 5.42. The van der Waals surface area contributed by atoms with Gasteiger partial charge in [-0.15, -0.1) is 0 Å². The highest BCUT2D eigenvalue weighted by Gasteiger charge is 2.11. The van der Waals surface area contributed by atoms with Gasteiger partial charge in [-0.05, 0) is 26.3 Å². The zero-order valence-corrected chi connectivity index (χ0v) is 6.02. The normalized spacial score (nSPS) is 28.3. The summed E-state index contributed by atoms with van der Waals surface area (Å²) in [7, 11) is 0. The van der Waals surface area contributed by atoms with Crippen molar-refractivity contribution in [2.24, 2.45) is 0 Å². The molecule has 1 aliphatic rings. The highest BCUT2D eigenvalue weighted by Crippen LogP contribution is 2.04. The monoisotopic (exact) mass is 129 g/mol. The molecule has 0 aromatic carbocycles. The summed E-state index contributed by atoms with van der Waals surface area (Å²) in [4.78, 5) is 0. The molecule has 0 saturated carbocycles. The molecular weight excluding hydrogens is 114 g/mol. The van der Waals surface area contributed by atoms with Crippen LogP contribution in [0.3, 0.4) is 0 Å². The molecule has 1 rings (SSSR count). The lowest BCUT2D eigenvalue weighted by Crippen LogP contribution is -2.35. The molecule has 2 heteroatoms. The summed E-state index contributed by atoms with van der Waals surface area (Å²) in [6, 6.07) is 0. The topological polar surface area (TPSA) is 21.3 Å². The Morgan fingerprint density at radius 2 is 2.56 bits per heavy atom. The van der Waals surface area contributed by atoms with Gasteiger partial charge in [0.25, 0.3) is 0 Å². The summed E-state index contributed by atoms with van der Waals surface area (Å²) in [5.41, 5.74) is 0. The summed E-state index contributed by atoms with van der Waals surface area (Å²) in [5, 5.41) is 3.29. The van der Waals surface area contributed by atoms with Gasteiger partial charge in [0, 0.05) is 13.2 Å². The first-order valence-electron chi connectivity index (χ1n) is 3.76. The van der Waals surface area contributed by atoms with E-state index in [1.54, 1.807) is 0 Å². The predicted octanol–water partition coefficient (Wildman–Crippen LogP) is 0.775. The summed E-state index contributed by atoms with van der Waals surface area (Å²) < 4.78 is 5.42. The van der Waals surface area contributed by atoms with Crippen LogP contribution >= 0.6 is 0 Å². The lowest BCUT2D eigenvalue weighted by molar-refractivity contribution is 0.0457. The predicted molar refractivity (Wildman–Crippen MR) is 37.5 cm³/mol. The van der Waals surface area contributed by atoms with Crippen molar-refractivity contribution in [3.8, 4) is 0 Å². The second-order valence-electron chi connectivity index (χ2n) is 2.42. The van der Waals surface area contributed by atoms with Gasteiger partial charge in [0.15, 0.2) is 0 Å². The van der Waals surface area contributed by atoms with Crippen molar-refractivity contribution in [1.29, 1.82) is 0 Å². The van der Waals surface area contributed by atoms with Gasteiger partial charge in [0.05, 0.1) is 6.10 Å². The van der Waals surface area contributed by atoms with Gasteiger partial charge in [-0.25, -0.2) is 0 Å². The Balaban J connectivity index is 2.08. The Morgan fingerprint density at radius 3 is 3.11 bits per heavy atom. The van der Waals surface area contributed by atoms with E-state index in [0.29, 0.717) is 6.10 Å². The average Bonchev–Trinajstić information content (AvgIpc) is 1.91. The maximum absolute atomic E-state index is 5.42. The van der Waals surface area contributed by atoms with Gasteiger partial charge >= 0.3 is 0 Å². The lowest BCUT2D eigenvalue weighted by atomic mass is 10.1. The third kappa shape index (κ3) is 2.33. The molecule has 1 heterocycles. The third-order valence-electron chi connectivity index (χ3n) is 1.65. The van der Waals surface area contributed by atoms with E-state index in [0.717, 1.165) is 13.2 Å². The molecule has 0 aromatic rings. The van der Waals surface area contributed by atoms with Crippen molar-refractivity contribution in [2.75, 3.05) is 19.7 Å². The van der Waals surface area contributed by atoms with Crippen LogP contribution in [-0.2, 0) is 4.74 Å². The molecule has 1 aliphatic heterocycles. The van der Waals surface area contributed by atoms with Gasteiger partial charge < -0.3 is 10.1 Å². The number of hydrogen-bond acceptors (Lipinski definition) is 2. The Kier molecular flexibility index (Phi) is 3.01. The van der Waals surface area contributed by atoms with E-state index in [2.05, 4.69) is 12.2 Å². The number of hydrogen-bond donors (Lipinski definition) is 1. The molecule has 9 heavy (non-hydrogen) atoms. The SMILES string of the molecule is CCOC1CCCNC1. The first kappa shape index (κ1) is 7.03. The number of rotatable bonds is 2. The lowest BCUT2D eigenvalue weighted by Gasteiger charge is -2.22. The average molecular weight is 129 g/mol. The molecule has 0 aromatic heterocycles. The van der Waals surface area contributed by atoms with Gasteiger partial charge in [-0.2, -0.15) is 0 Å². The minimum Gasteiger partial charge on any atom is -0.377 e. The fourth-order valence-electron chi connectivity index (χ4n) is 1.20. The molecule has 0 bridgehead atoms. The van der Waals surface area contributed by atoms with Crippen LogP contribution in [0, 0.1) is 0 Å². The van der Waals surface area contributed by atoms with Crippen LogP contribution < -0.4 is 5.32 Å². The quantitative estimate of drug-likeness (QED) is 0.594. The van der Waals surface area contributed by atoms with E-state index in [4.69, 9.17) is 4.74 Å². The van der Waals surface area contributed by atoms with E-state index in [1.807, 2.05) is 0 Å². The Morgan fingerprint density at radius 1 is 1.67 bits per heavy atom. The van der Waals surface area contributed by atoms with E-state index in [1.165, 1.54) is 19.4 Å². The van der Waals surface area contributed by atoms with Crippen molar-refractivity contribution in [1.82, 2.24) is 5.32 Å². The molecule has 2 nitrogen and oxygen atoms in total. The summed E-state index contributed by atoms with van der Waals surface area (Å²) in [6.07, 6.45) is 3.00. The zero-order valence-electron chi connectivity index (χ0n) is 6.02. The van der Waals surface area contributed by atoms with Crippen LogP contribution in [0.1, 0.15) is 19.8 Å². The Labute approximate surface area is 56.6 Å². The molecule has 54 valence electrons. The van der Waals surface area contributed by atoms with E-state index in [-0.39, 0.29) is 0 Å². The van der Waals surface area contributed by atoms with Crippen molar-refractivity contribution < 1.29 is 4.74 Å². The zero-order chi connectivity index (χ0) is 6.53. The van der Waals surface area contributed by atoms with Crippen LogP contribution in [0.2, 0.25) is 0 Å². The van der Waals surface area contributed by atoms with E-state index < -0.39 is 0 Å². The Bertz CT molecular complexity index is 66.6. The highest BCUT2D eigenvalue weighted by molar-refractivity contribution is 4.67. The van der Waals surface area contributed by atoms with E-state index >= 15 is 0 Å². The minimum atomic E-state index is 0.490. The fourth-order valence-corrected chi connectivity index (χ4v) is 1.20. The maximum Gasteiger partial charge on any atom is 0.0699 e. The molecule has 0 radical (unpaired) electrons. The van der Waals surface area contributed by atoms with Gasteiger partial charge in [0.2, 0.25) is 0 Å². The van der Waals surface area contributed by atoms with Crippen molar-refractivity contribution in [3.05, 3.63) is 0 Å². The van der Waals surface area contributed by atoms with Gasteiger partial charge in [0.1, 0.15) is 0 Å². The fraction of sp³-hybridized carbons (Fsp3) is 1.00. The third-order valence-corrected chi connectivity index (χ3v) is 1.65. The summed E-state index contributed by atoms with van der Waals surface area (Å²) in [5.74, 6) is 0. The first-order chi connectivity index (χ1) is 4.43. The van der Waals surface area contributed by atoms with Crippen LogP contribution in [0.4, 0.5) is 0 Å². The van der Waals surface area contributed by atoms with Crippen molar-refractivity contribution in [3.63, 3.8) is 0 Å². The highest BCUT2D eigenvalue weighted by atomic mass is 16.5.